The monoisotopic (exact) mass is 297 g/mol. The third-order valence-corrected chi connectivity index (χ3v) is 5.06. The largest absolute Gasteiger partial charge is 0.409 e. The van der Waals surface area contributed by atoms with Gasteiger partial charge in [0.15, 0.2) is 0 Å². The normalized spacial score (nSPS) is 26.1. The predicted octanol–water partition coefficient (Wildman–Crippen LogP) is 2.72. The van der Waals surface area contributed by atoms with Crippen LogP contribution in [0.5, 0.6) is 0 Å². The quantitative estimate of drug-likeness (QED) is 0.342. The van der Waals surface area contributed by atoms with Crippen molar-refractivity contribution in [1.82, 2.24) is 4.90 Å². The number of nitrogens with zero attached hydrogens (tertiary/aromatic N) is 2. The summed E-state index contributed by atoms with van der Waals surface area (Å²) >= 11 is 0. The van der Waals surface area contributed by atoms with Gasteiger partial charge in [0.05, 0.1) is 11.7 Å². The highest BCUT2D eigenvalue weighted by Gasteiger charge is 2.41. The third-order valence-electron chi connectivity index (χ3n) is 5.06. The maximum Gasteiger partial charge on any atom is 0.140 e. The average Bonchev–Trinajstić information content (AvgIpc) is 2.86. The minimum Gasteiger partial charge on any atom is -0.409 e. The lowest BCUT2D eigenvalue weighted by molar-refractivity contribution is -0.0737. The van der Waals surface area contributed by atoms with E-state index >= 15 is 0 Å². The Morgan fingerprint density at radius 1 is 1.33 bits per heavy atom. The molecule has 1 atom stereocenters. The first kappa shape index (κ1) is 16.6. The number of oxime groups is 1. The van der Waals surface area contributed by atoms with E-state index in [1.54, 1.807) is 0 Å². The van der Waals surface area contributed by atoms with Crippen molar-refractivity contribution in [3.05, 3.63) is 0 Å². The second kappa shape index (κ2) is 7.45. The van der Waals surface area contributed by atoms with Crippen LogP contribution in [-0.2, 0) is 4.74 Å². The number of hydrogen-bond donors (Lipinski definition) is 2. The molecule has 3 N–H and O–H groups in total. The van der Waals surface area contributed by atoms with Crippen molar-refractivity contribution in [3.63, 3.8) is 0 Å². The Morgan fingerprint density at radius 3 is 2.67 bits per heavy atom. The molecule has 1 saturated carbocycles. The zero-order chi connectivity index (χ0) is 15.3. The SMILES string of the molecule is CC(C)N(CCC(N)=NO)CC1CCC2(CCCCC2)O1. The molecule has 5 nitrogen and oxygen atoms in total. The zero-order valence-corrected chi connectivity index (χ0v) is 13.6. The zero-order valence-electron chi connectivity index (χ0n) is 13.6. The van der Waals surface area contributed by atoms with Crippen molar-refractivity contribution in [2.75, 3.05) is 13.1 Å². The molecular weight excluding hydrogens is 266 g/mol. The molecule has 0 aromatic carbocycles. The minimum absolute atomic E-state index is 0.192. The summed E-state index contributed by atoms with van der Waals surface area (Å²) in [5, 5.41) is 11.7. The molecule has 1 heterocycles. The first-order valence-electron chi connectivity index (χ1n) is 8.43. The summed E-state index contributed by atoms with van der Waals surface area (Å²) in [5.41, 5.74) is 5.78. The van der Waals surface area contributed by atoms with E-state index in [1.807, 2.05) is 0 Å². The third kappa shape index (κ3) is 4.58. The number of nitrogens with two attached hydrogens (primary N) is 1. The summed E-state index contributed by atoms with van der Waals surface area (Å²) in [5.74, 6) is 0.303. The van der Waals surface area contributed by atoms with Gasteiger partial charge in [-0.3, -0.25) is 4.90 Å². The lowest BCUT2D eigenvalue weighted by Gasteiger charge is -2.35. The maximum absolute atomic E-state index is 8.66. The van der Waals surface area contributed by atoms with E-state index in [0.29, 0.717) is 24.4 Å². The van der Waals surface area contributed by atoms with Crippen LogP contribution < -0.4 is 5.73 Å². The molecule has 0 aromatic heterocycles. The average molecular weight is 297 g/mol. The van der Waals surface area contributed by atoms with Gasteiger partial charge in [0, 0.05) is 25.6 Å². The van der Waals surface area contributed by atoms with Crippen molar-refractivity contribution in [3.8, 4) is 0 Å². The fraction of sp³-hybridized carbons (Fsp3) is 0.938. The van der Waals surface area contributed by atoms with Crippen LogP contribution >= 0.6 is 0 Å². The smallest absolute Gasteiger partial charge is 0.140 e. The van der Waals surface area contributed by atoms with E-state index < -0.39 is 0 Å². The van der Waals surface area contributed by atoms with Gasteiger partial charge in [-0.1, -0.05) is 24.4 Å². The molecular formula is C16H31N3O2. The molecule has 1 saturated heterocycles. The van der Waals surface area contributed by atoms with E-state index in [2.05, 4.69) is 23.9 Å². The topological polar surface area (TPSA) is 71.1 Å². The predicted molar refractivity (Wildman–Crippen MR) is 84.7 cm³/mol. The Bertz CT molecular complexity index is 351. The van der Waals surface area contributed by atoms with Gasteiger partial charge in [0.25, 0.3) is 0 Å². The van der Waals surface area contributed by atoms with Gasteiger partial charge in [0.1, 0.15) is 5.84 Å². The Hall–Kier alpha value is -0.810. The molecule has 0 bridgehead atoms. The van der Waals surface area contributed by atoms with Crippen molar-refractivity contribution in [1.29, 1.82) is 0 Å². The molecule has 1 spiro atoms. The van der Waals surface area contributed by atoms with Crippen molar-refractivity contribution >= 4 is 5.84 Å². The van der Waals surface area contributed by atoms with Crippen LogP contribution in [0.2, 0.25) is 0 Å². The highest BCUT2D eigenvalue weighted by atomic mass is 16.5. The van der Waals surface area contributed by atoms with Gasteiger partial charge in [0.2, 0.25) is 0 Å². The van der Waals surface area contributed by atoms with E-state index in [0.717, 1.165) is 13.1 Å². The molecule has 1 unspecified atom stereocenters. The van der Waals surface area contributed by atoms with Gasteiger partial charge in [-0.2, -0.15) is 0 Å². The molecule has 2 fully saturated rings. The minimum atomic E-state index is 0.192. The van der Waals surface area contributed by atoms with Crippen LogP contribution in [0.3, 0.4) is 0 Å². The molecule has 2 aliphatic rings. The van der Waals surface area contributed by atoms with Crippen LogP contribution in [0, 0.1) is 0 Å². The van der Waals surface area contributed by atoms with Crippen LogP contribution in [0.1, 0.15) is 65.2 Å². The standard InChI is InChI=1S/C16H31N3O2/c1-13(2)19(11-7-15(17)18-20)12-14-6-10-16(21-14)8-4-3-5-9-16/h13-14,20H,3-12H2,1-2H3,(H2,17,18). The van der Waals surface area contributed by atoms with Crippen molar-refractivity contribution in [2.24, 2.45) is 10.9 Å². The Kier molecular flexibility index (Phi) is 5.88. The van der Waals surface area contributed by atoms with Gasteiger partial charge < -0.3 is 15.7 Å². The molecule has 21 heavy (non-hydrogen) atoms. The molecule has 122 valence electrons. The number of hydrogen-bond acceptors (Lipinski definition) is 4. The molecule has 0 amide bonds. The molecule has 5 heteroatoms. The Balaban J connectivity index is 1.83. The molecule has 1 aliphatic carbocycles. The van der Waals surface area contributed by atoms with Crippen LogP contribution in [0.25, 0.3) is 0 Å². The summed E-state index contributed by atoms with van der Waals surface area (Å²) < 4.78 is 6.45. The number of rotatable bonds is 6. The van der Waals surface area contributed by atoms with Crippen LogP contribution in [0.15, 0.2) is 5.16 Å². The lowest BCUT2D eigenvalue weighted by Crippen LogP contribution is -2.41. The van der Waals surface area contributed by atoms with Crippen molar-refractivity contribution in [2.45, 2.75) is 83.0 Å². The molecule has 1 aliphatic heterocycles. The first-order chi connectivity index (χ1) is 10.0. The van der Waals surface area contributed by atoms with Gasteiger partial charge in [-0.25, -0.2) is 0 Å². The molecule has 2 rings (SSSR count). The lowest BCUT2D eigenvalue weighted by atomic mass is 9.83. The summed E-state index contributed by atoms with van der Waals surface area (Å²) in [7, 11) is 0. The van der Waals surface area contributed by atoms with E-state index in [-0.39, 0.29) is 5.60 Å². The van der Waals surface area contributed by atoms with Gasteiger partial charge in [-0.15, -0.1) is 0 Å². The molecule has 0 aromatic rings. The number of ether oxygens (including phenoxy) is 1. The fourth-order valence-corrected chi connectivity index (χ4v) is 3.72. The Morgan fingerprint density at radius 2 is 2.05 bits per heavy atom. The summed E-state index contributed by atoms with van der Waals surface area (Å²) in [6.07, 6.45) is 9.85. The summed E-state index contributed by atoms with van der Waals surface area (Å²) in [6.45, 7) is 6.16. The summed E-state index contributed by atoms with van der Waals surface area (Å²) in [4.78, 5) is 2.38. The number of amidine groups is 1. The maximum atomic E-state index is 8.66. The van der Waals surface area contributed by atoms with Crippen LogP contribution in [0.4, 0.5) is 0 Å². The van der Waals surface area contributed by atoms with Crippen molar-refractivity contribution < 1.29 is 9.94 Å². The molecule has 0 radical (unpaired) electrons. The second-order valence-corrected chi connectivity index (χ2v) is 6.95. The van der Waals surface area contributed by atoms with Crippen LogP contribution in [-0.4, -0.2) is 46.8 Å². The second-order valence-electron chi connectivity index (χ2n) is 6.95. The highest BCUT2D eigenvalue weighted by Crippen LogP contribution is 2.42. The highest BCUT2D eigenvalue weighted by molar-refractivity contribution is 5.79. The van der Waals surface area contributed by atoms with E-state index in [1.165, 1.54) is 44.9 Å². The Labute approximate surface area is 128 Å². The van der Waals surface area contributed by atoms with E-state index in [4.69, 9.17) is 15.7 Å². The first-order valence-corrected chi connectivity index (χ1v) is 8.43. The van der Waals surface area contributed by atoms with Gasteiger partial charge >= 0.3 is 0 Å². The van der Waals surface area contributed by atoms with Gasteiger partial charge in [-0.05, 0) is 39.5 Å². The van der Waals surface area contributed by atoms with E-state index in [9.17, 15) is 0 Å². The fourth-order valence-electron chi connectivity index (χ4n) is 3.72. The summed E-state index contributed by atoms with van der Waals surface area (Å²) in [6, 6.07) is 0.447.